The molecule has 0 radical (unpaired) electrons. The van der Waals surface area contributed by atoms with E-state index in [1.54, 1.807) is 6.20 Å². The van der Waals surface area contributed by atoms with Crippen molar-refractivity contribution in [3.63, 3.8) is 0 Å². The monoisotopic (exact) mass is 314 g/mol. The molecule has 1 aliphatic rings. The highest BCUT2D eigenvalue weighted by atomic mass is 32.2. The lowest BCUT2D eigenvalue weighted by Gasteiger charge is -2.33. The van der Waals surface area contributed by atoms with E-state index in [-0.39, 0.29) is 11.9 Å². The van der Waals surface area contributed by atoms with Crippen molar-refractivity contribution in [2.45, 2.75) is 12.5 Å². The molecule has 0 aromatic carbocycles. The number of sulfone groups is 1. The van der Waals surface area contributed by atoms with Gasteiger partial charge in [-0.3, -0.25) is 4.90 Å². The number of aromatic nitrogens is 2. The van der Waals surface area contributed by atoms with Gasteiger partial charge in [-0.1, -0.05) is 0 Å². The number of anilines is 1. The maximum Gasteiger partial charge on any atom is 0.148 e. The highest BCUT2D eigenvalue weighted by Gasteiger charge is 2.20. The van der Waals surface area contributed by atoms with Crippen molar-refractivity contribution in [1.82, 2.24) is 15.1 Å². The van der Waals surface area contributed by atoms with Gasteiger partial charge in [-0.15, -0.1) is 5.10 Å². The smallest absolute Gasteiger partial charge is 0.148 e. The van der Waals surface area contributed by atoms with E-state index in [4.69, 9.17) is 4.74 Å². The van der Waals surface area contributed by atoms with Crippen molar-refractivity contribution in [1.29, 1.82) is 0 Å². The molecule has 1 N–H and O–H groups in total. The third-order valence-electron chi connectivity index (χ3n) is 3.30. The van der Waals surface area contributed by atoms with Crippen molar-refractivity contribution in [3.05, 3.63) is 18.3 Å². The summed E-state index contributed by atoms with van der Waals surface area (Å²) < 4.78 is 28.0. The van der Waals surface area contributed by atoms with Gasteiger partial charge in [-0.2, -0.15) is 5.10 Å². The van der Waals surface area contributed by atoms with E-state index in [0.29, 0.717) is 19.6 Å². The second kappa shape index (κ2) is 7.67. The SMILES string of the molecule is CS(=O)(=O)CCCN1CCOC(CNc2cccnn2)C1. The Balaban J connectivity index is 1.70. The second-order valence-electron chi connectivity index (χ2n) is 5.27. The molecule has 1 aliphatic heterocycles. The molecule has 1 aromatic heterocycles. The maximum absolute atomic E-state index is 11.1. The second-order valence-corrected chi connectivity index (χ2v) is 7.53. The predicted molar refractivity (Wildman–Crippen MR) is 81.0 cm³/mol. The van der Waals surface area contributed by atoms with Crippen LogP contribution in [0.1, 0.15) is 6.42 Å². The van der Waals surface area contributed by atoms with Gasteiger partial charge in [0.1, 0.15) is 15.7 Å². The van der Waals surface area contributed by atoms with Gasteiger partial charge >= 0.3 is 0 Å². The van der Waals surface area contributed by atoms with Gasteiger partial charge in [-0.25, -0.2) is 8.42 Å². The van der Waals surface area contributed by atoms with Crippen LogP contribution in [0.4, 0.5) is 5.82 Å². The van der Waals surface area contributed by atoms with E-state index in [2.05, 4.69) is 20.4 Å². The number of morpholine rings is 1. The van der Waals surface area contributed by atoms with Crippen LogP contribution in [-0.4, -0.2) is 74.4 Å². The predicted octanol–water partition coefficient (Wildman–Crippen LogP) is 0.0240. The summed E-state index contributed by atoms with van der Waals surface area (Å²) in [6.45, 7) is 3.79. The van der Waals surface area contributed by atoms with E-state index in [0.717, 1.165) is 25.5 Å². The first-order valence-electron chi connectivity index (χ1n) is 7.06. The van der Waals surface area contributed by atoms with E-state index in [9.17, 15) is 8.42 Å². The average molecular weight is 314 g/mol. The van der Waals surface area contributed by atoms with Crippen molar-refractivity contribution in [2.75, 3.05) is 50.1 Å². The van der Waals surface area contributed by atoms with Crippen LogP contribution >= 0.6 is 0 Å². The highest BCUT2D eigenvalue weighted by Crippen LogP contribution is 2.08. The normalized spacial score (nSPS) is 20.3. The molecule has 0 saturated carbocycles. The Hall–Kier alpha value is -1.25. The molecule has 0 amide bonds. The largest absolute Gasteiger partial charge is 0.374 e. The van der Waals surface area contributed by atoms with Crippen LogP contribution in [0.15, 0.2) is 18.3 Å². The molecule has 118 valence electrons. The molecule has 2 rings (SSSR count). The van der Waals surface area contributed by atoms with Gasteiger partial charge in [0.25, 0.3) is 0 Å². The minimum atomic E-state index is -2.87. The third-order valence-corrected chi connectivity index (χ3v) is 4.33. The number of nitrogens with one attached hydrogen (secondary N) is 1. The number of ether oxygens (including phenoxy) is 1. The summed E-state index contributed by atoms with van der Waals surface area (Å²) in [6.07, 6.45) is 3.66. The fourth-order valence-electron chi connectivity index (χ4n) is 2.27. The van der Waals surface area contributed by atoms with Crippen LogP contribution in [0, 0.1) is 0 Å². The van der Waals surface area contributed by atoms with E-state index in [1.807, 2.05) is 12.1 Å². The molecule has 1 fully saturated rings. The Kier molecular flexibility index (Phi) is 5.89. The standard InChI is InChI=1S/C13H22N4O3S/c1-21(18,19)9-3-6-17-7-8-20-12(11-17)10-14-13-4-2-5-15-16-13/h2,4-5,12H,3,6-11H2,1H3,(H,14,16). The first-order valence-corrected chi connectivity index (χ1v) is 9.12. The van der Waals surface area contributed by atoms with Crippen LogP contribution in [0.3, 0.4) is 0 Å². The Bertz CT molecular complexity index is 523. The topological polar surface area (TPSA) is 84.4 Å². The molecule has 2 heterocycles. The summed E-state index contributed by atoms with van der Waals surface area (Å²) in [5.41, 5.74) is 0. The fourth-order valence-corrected chi connectivity index (χ4v) is 2.93. The molecule has 0 spiro atoms. The average Bonchev–Trinajstić information content (AvgIpc) is 2.45. The molecule has 1 aromatic rings. The summed E-state index contributed by atoms with van der Waals surface area (Å²) in [6, 6.07) is 3.69. The Labute approximate surface area is 125 Å². The van der Waals surface area contributed by atoms with Crippen molar-refractivity contribution in [2.24, 2.45) is 0 Å². The van der Waals surface area contributed by atoms with Crippen LogP contribution < -0.4 is 5.32 Å². The van der Waals surface area contributed by atoms with Crippen LogP contribution in [-0.2, 0) is 14.6 Å². The molecule has 0 bridgehead atoms. The first-order chi connectivity index (χ1) is 10.0. The summed E-state index contributed by atoms with van der Waals surface area (Å²) in [5, 5.41) is 11.0. The molecule has 8 heteroatoms. The molecule has 0 aliphatic carbocycles. The highest BCUT2D eigenvalue weighted by molar-refractivity contribution is 7.90. The summed E-state index contributed by atoms with van der Waals surface area (Å²) in [5.74, 6) is 0.975. The zero-order chi connectivity index (χ0) is 15.1. The van der Waals surface area contributed by atoms with E-state index >= 15 is 0 Å². The van der Waals surface area contributed by atoms with Gasteiger partial charge < -0.3 is 10.1 Å². The lowest BCUT2D eigenvalue weighted by molar-refractivity contribution is -0.0208. The Morgan fingerprint density at radius 3 is 3.10 bits per heavy atom. The third kappa shape index (κ3) is 6.36. The van der Waals surface area contributed by atoms with Crippen molar-refractivity contribution in [3.8, 4) is 0 Å². The van der Waals surface area contributed by atoms with Gasteiger partial charge in [0.15, 0.2) is 0 Å². The zero-order valence-electron chi connectivity index (χ0n) is 12.2. The minimum Gasteiger partial charge on any atom is -0.374 e. The maximum atomic E-state index is 11.1. The van der Waals surface area contributed by atoms with Gasteiger partial charge in [0, 0.05) is 32.1 Å². The fraction of sp³-hybridized carbons (Fsp3) is 0.692. The number of nitrogens with zero attached hydrogens (tertiary/aromatic N) is 3. The quantitative estimate of drug-likeness (QED) is 0.759. The minimum absolute atomic E-state index is 0.0824. The summed E-state index contributed by atoms with van der Waals surface area (Å²) >= 11 is 0. The molecule has 21 heavy (non-hydrogen) atoms. The van der Waals surface area contributed by atoms with Gasteiger partial charge in [0.2, 0.25) is 0 Å². The summed E-state index contributed by atoms with van der Waals surface area (Å²) in [7, 11) is -2.87. The molecule has 1 saturated heterocycles. The Morgan fingerprint density at radius 1 is 1.52 bits per heavy atom. The van der Waals surface area contributed by atoms with Gasteiger partial charge in [-0.05, 0) is 25.1 Å². The van der Waals surface area contributed by atoms with Crippen LogP contribution in [0.5, 0.6) is 0 Å². The lowest BCUT2D eigenvalue weighted by atomic mass is 10.2. The van der Waals surface area contributed by atoms with Crippen LogP contribution in [0.2, 0.25) is 0 Å². The number of rotatable bonds is 7. The van der Waals surface area contributed by atoms with E-state index in [1.165, 1.54) is 6.26 Å². The zero-order valence-corrected chi connectivity index (χ0v) is 13.1. The van der Waals surface area contributed by atoms with Crippen molar-refractivity contribution < 1.29 is 13.2 Å². The number of hydrogen-bond acceptors (Lipinski definition) is 7. The molecular formula is C13H22N4O3S. The first kappa shape index (κ1) is 16.1. The molecule has 1 unspecified atom stereocenters. The summed E-state index contributed by atoms with van der Waals surface area (Å²) in [4.78, 5) is 2.25. The molecular weight excluding hydrogens is 292 g/mol. The van der Waals surface area contributed by atoms with E-state index < -0.39 is 9.84 Å². The van der Waals surface area contributed by atoms with Crippen molar-refractivity contribution >= 4 is 15.7 Å². The Morgan fingerprint density at radius 2 is 2.38 bits per heavy atom. The number of hydrogen-bond donors (Lipinski definition) is 1. The van der Waals surface area contributed by atoms with Gasteiger partial charge in [0.05, 0.1) is 18.5 Å². The van der Waals surface area contributed by atoms with Crippen LogP contribution in [0.25, 0.3) is 0 Å². The lowest BCUT2D eigenvalue weighted by Crippen LogP contribution is -2.45. The molecule has 1 atom stereocenters. The molecule has 7 nitrogen and oxygen atoms in total.